The molecule has 0 fully saturated rings. The van der Waals surface area contributed by atoms with Crippen LogP contribution >= 0.6 is 11.8 Å². The van der Waals surface area contributed by atoms with Gasteiger partial charge in [0.05, 0.1) is 10.9 Å². The van der Waals surface area contributed by atoms with E-state index in [0.29, 0.717) is 33.2 Å². The van der Waals surface area contributed by atoms with E-state index in [-0.39, 0.29) is 11.3 Å². The van der Waals surface area contributed by atoms with Crippen molar-refractivity contribution in [3.8, 4) is 5.75 Å². The number of ether oxygens (including phenoxy) is 1. The van der Waals surface area contributed by atoms with Crippen LogP contribution in [0.15, 0.2) is 58.5 Å². The predicted octanol–water partition coefficient (Wildman–Crippen LogP) is 3.47. The molecule has 0 amide bonds. The third kappa shape index (κ3) is 3.14. The zero-order chi connectivity index (χ0) is 19.0. The molecule has 0 bridgehead atoms. The highest BCUT2D eigenvalue weighted by atomic mass is 32.2. The fraction of sp³-hybridized carbons (Fsp3) is 0.167. The van der Waals surface area contributed by atoms with E-state index < -0.39 is 6.61 Å². The van der Waals surface area contributed by atoms with Gasteiger partial charge in [0.25, 0.3) is 5.56 Å². The number of aryl methyl sites for hydroxylation is 1. The van der Waals surface area contributed by atoms with E-state index in [1.54, 1.807) is 41.8 Å². The van der Waals surface area contributed by atoms with Crippen LogP contribution in [0.2, 0.25) is 0 Å². The largest absolute Gasteiger partial charge is 0.435 e. The molecule has 4 rings (SSSR count). The number of thioether (sulfide) groups is 1. The number of benzene rings is 2. The molecular weight excluding hydrogens is 374 g/mol. The van der Waals surface area contributed by atoms with Crippen LogP contribution in [-0.2, 0) is 12.8 Å². The lowest BCUT2D eigenvalue weighted by atomic mass is 10.2. The van der Waals surface area contributed by atoms with Crippen molar-refractivity contribution in [2.24, 2.45) is 7.05 Å². The second-order valence-electron chi connectivity index (χ2n) is 5.77. The third-order valence-electron chi connectivity index (χ3n) is 4.14. The van der Waals surface area contributed by atoms with Crippen molar-refractivity contribution in [3.05, 3.63) is 64.4 Å². The van der Waals surface area contributed by atoms with E-state index in [9.17, 15) is 13.6 Å². The van der Waals surface area contributed by atoms with Crippen molar-refractivity contribution >= 4 is 28.4 Å². The van der Waals surface area contributed by atoms with Gasteiger partial charge >= 0.3 is 6.61 Å². The number of rotatable bonds is 5. The summed E-state index contributed by atoms with van der Waals surface area (Å²) in [5.74, 6) is 0.908. The monoisotopic (exact) mass is 388 g/mol. The number of alkyl halides is 2. The van der Waals surface area contributed by atoms with Crippen molar-refractivity contribution < 1.29 is 13.5 Å². The number of hydrogen-bond acceptors (Lipinski definition) is 5. The fourth-order valence-corrected chi connectivity index (χ4v) is 3.81. The van der Waals surface area contributed by atoms with Crippen LogP contribution in [0.25, 0.3) is 16.7 Å². The van der Waals surface area contributed by atoms with E-state index in [2.05, 4.69) is 14.9 Å². The number of fused-ring (bicyclic) bond motifs is 3. The highest BCUT2D eigenvalue weighted by Gasteiger charge is 2.16. The molecule has 0 aliphatic rings. The summed E-state index contributed by atoms with van der Waals surface area (Å²) in [5.41, 5.74) is 1.16. The van der Waals surface area contributed by atoms with Gasteiger partial charge in [0.1, 0.15) is 5.75 Å². The highest BCUT2D eigenvalue weighted by molar-refractivity contribution is 7.98. The molecule has 0 radical (unpaired) electrons. The lowest BCUT2D eigenvalue weighted by Gasteiger charge is -2.10. The van der Waals surface area contributed by atoms with E-state index in [0.717, 1.165) is 0 Å². The van der Waals surface area contributed by atoms with Crippen molar-refractivity contribution in [3.63, 3.8) is 0 Å². The van der Waals surface area contributed by atoms with Gasteiger partial charge in [0.15, 0.2) is 5.16 Å². The molecule has 2 heterocycles. The zero-order valence-electron chi connectivity index (χ0n) is 14.2. The molecule has 4 aromatic rings. The summed E-state index contributed by atoms with van der Waals surface area (Å²) in [5, 5.41) is 9.41. The van der Waals surface area contributed by atoms with Crippen LogP contribution in [0.4, 0.5) is 8.78 Å². The second-order valence-corrected chi connectivity index (χ2v) is 6.72. The van der Waals surface area contributed by atoms with E-state index in [1.807, 2.05) is 12.1 Å². The molecule has 0 aliphatic carbocycles. The topological polar surface area (TPSA) is 61.4 Å². The minimum absolute atomic E-state index is 0.131. The lowest BCUT2D eigenvalue weighted by Crippen LogP contribution is -2.20. The lowest BCUT2D eigenvalue weighted by molar-refractivity contribution is -0.0503. The number of para-hydroxylation sites is 2. The molecule has 2 aromatic heterocycles. The minimum Gasteiger partial charge on any atom is -0.435 e. The Bertz CT molecular complexity index is 1190. The summed E-state index contributed by atoms with van der Waals surface area (Å²) >= 11 is 1.33. The standard InChI is InChI=1S/C18H14F2N4O2S/c1-23-15(25)12-7-3-4-8-13(12)24-17(23)21-22-18(24)27-10-11-6-2-5-9-14(11)26-16(19)20/h2-9,16H,10H2,1H3. The number of nitrogens with zero attached hydrogens (tertiary/aromatic N) is 4. The number of hydrogen-bond donors (Lipinski definition) is 0. The van der Waals surface area contributed by atoms with Crippen LogP contribution in [-0.4, -0.2) is 25.8 Å². The molecule has 27 heavy (non-hydrogen) atoms. The smallest absolute Gasteiger partial charge is 0.387 e. The summed E-state index contributed by atoms with van der Waals surface area (Å²) in [7, 11) is 1.64. The summed E-state index contributed by atoms with van der Waals surface area (Å²) in [4.78, 5) is 12.5. The number of halogens is 2. The maximum absolute atomic E-state index is 12.6. The van der Waals surface area contributed by atoms with Gasteiger partial charge in [-0.1, -0.05) is 42.1 Å². The first-order valence-electron chi connectivity index (χ1n) is 8.04. The van der Waals surface area contributed by atoms with Crippen LogP contribution < -0.4 is 10.3 Å². The zero-order valence-corrected chi connectivity index (χ0v) is 15.0. The van der Waals surface area contributed by atoms with Crippen molar-refractivity contribution in [1.82, 2.24) is 19.2 Å². The first kappa shape index (κ1) is 17.5. The van der Waals surface area contributed by atoms with Gasteiger partial charge in [0, 0.05) is 18.4 Å². The Labute approximate surface area is 156 Å². The molecule has 0 unspecified atom stereocenters. The summed E-state index contributed by atoms with van der Waals surface area (Å²) in [6, 6.07) is 13.8. The quantitative estimate of drug-likeness (QED) is 0.490. The van der Waals surface area contributed by atoms with Crippen LogP contribution in [0.1, 0.15) is 5.56 Å². The summed E-state index contributed by atoms with van der Waals surface area (Å²) in [6.45, 7) is -2.89. The van der Waals surface area contributed by atoms with E-state index in [1.165, 1.54) is 22.4 Å². The van der Waals surface area contributed by atoms with E-state index in [4.69, 9.17) is 0 Å². The Morgan fingerprint density at radius 1 is 1.11 bits per heavy atom. The first-order chi connectivity index (χ1) is 13.1. The maximum atomic E-state index is 12.6. The Morgan fingerprint density at radius 3 is 2.67 bits per heavy atom. The Kier molecular flexibility index (Phi) is 4.53. The molecular formula is C18H14F2N4O2S. The first-order valence-corrected chi connectivity index (χ1v) is 9.03. The summed E-state index contributed by atoms with van der Waals surface area (Å²) in [6.07, 6.45) is 0. The van der Waals surface area contributed by atoms with Crippen molar-refractivity contribution in [1.29, 1.82) is 0 Å². The average Bonchev–Trinajstić information content (AvgIpc) is 3.09. The Morgan fingerprint density at radius 2 is 1.85 bits per heavy atom. The predicted molar refractivity (Wildman–Crippen MR) is 98.4 cm³/mol. The maximum Gasteiger partial charge on any atom is 0.387 e. The Balaban J connectivity index is 1.75. The fourth-order valence-electron chi connectivity index (χ4n) is 2.88. The molecule has 9 heteroatoms. The van der Waals surface area contributed by atoms with E-state index >= 15 is 0 Å². The van der Waals surface area contributed by atoms with Crippen molar-refractivity contribution in [2.45, 2.75) is 17.5 Å². The molecule has 138 valence electrons. The van der Waals surface area contributed by atoms with Gasteiger partial charge in [-0.3, -0.25) is 13.8 Å². The Hall–Kier alpha value is -2.94. The molecule has 0 aliphatic heterocycles. The van der Waals surface area contributed by atoms with Crippen LogP contribution in [0, 0.1) is 0 Å². The van der Waals surface area contributed by atoms with Crippen molar-refractivity contribution in [2.75, 3.05) is 0 Å². The highest BCUT2D eigenvalue weighted by Crippen LogP contribution is 2.29. The summed E-state index contributed by atoms with van der Waals surface area (Å²) < 4.78 is 33.0. The third-order valence-corrected chi connectivity index (χ3v) is 5.12. The van der Waals surface area contributed by atoms with Crippen LogP contribution in [0.3, 0.4) is 0 Å². The number of aromatic nitrogens is 4. The van der Waals surface area contributed by atoms with Gasteiger partial charge in [-0.25, -0.2) is 0 Å². The molecule has 2 aromatic carbocycles. The van der Waals surface area contributed by atoms with Gasteiger partial charge in [0.2, 0.25) is 5.78 Å². The molecule has 6 nitrogen and oxygen atoms in total. The van der Waals surface area contributed by atoms with Gasteiger partial charge in [-0.15, -0.1) is 10.2 Å². The molecule has 0 spiro atoms. The second kappa shape index (κ2) is 6.99. The molecule has 0 N–H and O–H groups in total. The minimum atomic E-state index is -2.89. The van der Waals surface area contributed by atoms with Gasteiger partial charge in [-0.2, -0.15) is 8.78 Å². The normalized spacial score (nSPS) is 11.6. The average molecular weight is 388 g/mol. The molecule has 0 saturated heterocycles. The molecule has 0 atom stereocenters. The molecule has 0 saturated carbocycles. The van der Waals surface area contributed by atoms with Gasteiger partial charge < -0.3 is 4.74 Å². The van der Waals surface area contributed by atoms with Gasteiger partial charge in [-0.05, 0) is 18.2 Å². The van der Waals surface area contributed by atoms with Crippen LogP contribution in [0.5, 0.6) is 5.75 Å². The SMILES string of the molecule is Cn1c(=O)c2ccccc2n2c(SCc3ccccc3OC(F)F)nnc12.